The van der Waals surface area contributed by atoms with E-state index in [4.69, 9.17) is 0 Å². The Morgan fingerprint density at radius 3 is 2.04 bits per heavy atom. The third-order valence-electron chi connectivity index (χ3n) is 3.09. The van der Waals surface area contributed by atoms with E-state index < -0.39 is 38.4 Å². The highest BCUT2D eigenvalue weighted by Crippen LogP contribution is 2.29. The second kappa shape index (κ2) is 7.19. The molecule has 0 fully saturated rings. The summed E-state index contributed by atoms with van der Waals surface area (Å²) in [6.07, 6.45) is -4.80. The first-order chi connectivity index (χ1) is 11.6. The predicted octanol–water partition coefficient (Wildman–Crippen LogP) is 2.40. The van der Waals surface area contributed by atoms with Gasteiger partial charge in [0, 0.05) is 0 Å². The molecule has 0 spiro atoms. The van der Waals surface area contributed by atoms with Crippen LogP contribution in [0.1, 0.15) is 11.1 Å². The standard InChI is InChI=1S/C15H12F4N2O3S/c16-12-5-1-10(2-6-12)9-14(22)20-21-25(23,24)13-7-3-11(4-8-13)15(17,18)19/h1-8,21H,9H2,(H,20,22). The smallest absolute Gasteiger partial charge is 0.277 e. The van der Waals surface area contributed by atoms with E-state index in [0.29, 0.717) is 17.7 Å². The van der Waals surface area contributed by atoms with Gasteiger partial charge in [-0.15, -0.1) is 4.83 Å². The number of hydrogen-bond acceptors (Lipinski definition) is 3. The van der Waals surface area contributed by atoms with Crippen LogP contribution < -0.4 is 10.3 Å². The Hall–Kier alpha value is -2.46. The SMILES string of the molecule is O=C(Cc1ccc(F)cc1)NNS(=O)(=O)c1ccc(C(F)(F)F)cc1. The van der Waals surface area contributed by atoms with E-state index in [-0.39, 0.29) is 6.42 Å². The second-order valence-corrected chi connectivity index (χ2v) is 6.66. The average molecular weight is 376 g/mol. The third kappa shape index (κ3) is 5.26. The molecular formula is C15H12F4N2O3S. The van der Waals surface area contributed by atoms with E-state index in [1.165, 1.54) is 12.1 Å². The molecular weight excluding hydrogens is 364 g/mol. The minimum atomic E-state index is -4.58. The molecule has 5 nitrogen and oxygen atoms in total. The zero-order valence-corrected chi connectivity index (χ0v) is 13.3. The number of sulfonamides is 1. The maximum absolute atomic E-state index is 12.8. The summed E-state index contributed by atoms with van der Waals surface area (Å²) in [5, 5.41) is 0. The van der Waals surface area contributed by atoms with E-state index in [1.54, 1.807) is 4.83 Å². The average Bonchev–Trinajstić information content (AvgIpc) is 2.55. The summed E-state index contributed by atoms with van der Waals surface area (Å²) < 4.78 is 74.0. The van der Waals surface area contributed by atoms with E-state index in [1.807, 2.05) is 5.43 Å². The monoisotopic (exact) mass is 376 g/mol. The minimum Gasteiger partial charge on any atom is -0.277 e. The van der Waals surface area contributed by atoms with Gasteiger partial charge in [-0.1, -0.05) is 12.1 Å². The molecule has 10 heteroatoms. The number of hydrogen-bond donors (Lipinski definition) is 2. The van der Waals surface area contributed by atoms with Crippen molar-refractivity contribution in [3.05, 3.63) is 65.5 Å². The first kappa shape index (κ1) is 18.9. The maximum Gasteiger partial charge on any atom is 0.416 e. The fourth-order valence-corrected chi connectivity index (χ4v) is 2.70. The number of carbonyl (C=O) groups is 1. The van der Waals surface area contributed by atoms with Crippen LogP contribution >= 0.6 is 0 Å². The molecule has 134 valence electrons. The first-order valence-electron chi connectivity index (χ1n) is 6.80. The van der Waals surface area contributed by atoms with Gasteiger partial charge in [0.1, 0.15) is 5.82 Å². The molecule has 25 heavy (non-hydrogen) atoms. The summed E-state index contributed by atoms with van der Waals surface area (Å²) >= 11 is 0. The van der Waals surface area contributed by atoms with Crippen molar-refractivity contribution in [2.75, 3.05) is 0 Å². The van der Waals surface area contributed by atoms with Gasteiger partial charge in [-0.3, -0.25) is 10.2 Å². The van der Waals surface area contributed by atoms with Crippen molar-refractivity contribution in [1.82, 2.24) is 10.3 Å². The van der Waals surface area contributed by atoms with Gasteiger partial charge in [0.25, 0.3) is 10.0 Å². The number of rotatable bonds is 5. The summed E-state index contributed by atoms with van der Waals surface area (Å²) in [5.74, 6) is -1.20. The summed E-state index contributed by atoms with van der Waals surface area (Å²) in [6.45, 7) is 0. The number of carbonyl (C=O) groups excluding carboxylic acids is 1. The zero-order valence-electron chi connectivity index (χ0n) is 12.5. The van der Waals surface area contributed by atoms with Crippen LogP contribution in [0.5, 0.6) is 0 Å². The van der Waals surface area contributed by atoms with Crippen LogP contribution in [0.15, 0.2) is 53.4 Å². The molecule has 0 aliphatic carbocycles. The van der Waals surface area contributed by atoms with Crippen LogP contribution in [-0.2, 0) is 27.4 Å². The topological polar surface area (TPSA) is 75.3 Å². The van der Waals surface area contributed by atoms with Crippen LogP contribution in [0.2, 0.25) is 0 Å². The van der Waals surface area contributed by atoms with Crippen molar-refractivity contribution in [1.29, 1.82) is 0 Å². The molecule has 0 bridgehead atoms. The quantitative estimate of drug-likeness (QED) is 0.622. The van der Waals surface area contributed by atoms with E-state index in [9.17, 15) is 30.8 Å². The molecule has 2 rings (SSSR count). The molecule has 0 heterocycles. The van der Waals surface area contributed by atoms with Gasteiger partial charge >= 0.3 is 6.18 Å². The summed E-state index contributed by atoms with van der Waals surface area (Å²) in [4.78, 5) is 13.0. The molecule has 0 aliphatic rings. The molecule has 0 unspecified atom stereocenters. The Labute approximate surface area is 140 Å². The Bertz CT molecular complexity index is 848. The number of amides is 1. The molecule has 0 aromatic heterocycles. The van der Waals surface area contributed by atoms with Crippen molar-refractivity contribution in [3.63, 3.8) is 0 Å². The van der Waals surface area contributed by atoms with Crippen LogP contribution in [0, 0.1) is 5.82 Å². The van der Waals surface area contributed by atoms with Gasteiger partial charge in [-0.2, -0.15) is 13.2 Å². The zero-order chi connectivity index (χ0) is 18.7. The van der Waals surface area contributed by atoms with Crippen molar-refractivity contribution >= 4 is 15.9 Å². The number of alkyl halides is 3. The van der Waals surface area contributed by atoms with Crippen molar-refractivity contribution in [2.24, 2.45) is 0 Å². The molecule has 0 aliphatic heterocycles. The third-order valence-corrected chi connectivity index (χ3v) is 4.36. The predicted molar refractivity (Wildman–Crippen MR) is 80.0 cm³/mol. The van der Waals surface area contributed by atoms with Gasteiger partial charge in [0.2, 0.25) is 5.91 Å². The van der Waals surface area contributed by atoms with Crippen molar-refractivity contribution in [2.45, 2.75) is 17.5 Å². The lowest BCUT2D eigenvalue weighted by atomic mass is 10.1. The Kier molecular flexibility index (Phi) is 5.43. The molecule has 0 saturated carbocycles. The fourth-order valence-electron chi connectivity index (χ4n) is 1.84. The number of halogens is 4. The molecule has 1 amide bonds. The minimum absolute atomic E-state index is 0.212. The summed E-state index contributed by atoms with van der Waals surface area (Å²) in [7, 11) is -4.23. The summed E-state index contributed by atoms with van der Waals surface area (Å²) in [5.41, 5.74) is 1.39. The fraction of sp³-hybridized carbons (Fsp3) is 0.133. The van der Waals surface area contributed by atoms with E-state index in [0.717, 1.165) is 24.3 Å². The highest BCUT2D eigenvalue weighted by Gasteiger charge is 2.30. The lowest BCUT2D eigenvalue weighted by Gasteiger charge is -2.10. The normalized spacial score (nSPS) is 12.0. The van der Waals surface area contributed by atoms with E-state index >= 15 is 0 Å². The number of nitrogens with one attached hydrogen (secondary N) is 2. The van der Waals surface area contributed by atoms with Gasteiger partial charge in [0.15, 0.2) is 0 Å². The van der Waals surface area contributed by atoms with Crippen LogP contribution in [0.4, 0.5) is 17.6 Å². The number of benzene rings is 2. The Morgan fingerprint density at radius 2 is 1.52 bits per heavy atom. The largest absolute Gasteiger partial charge is 0.416 e. The molecule has 0 radical (unpaired) electrons. The molecule has 0 atom stereocenters. The highest BCUT2D eigenvalue weighted by molar-refractivity contribution is 7.89. The van der Waals surface area contributed by atoms with Gasteiger partial charge in [0.05, 0.1) is 16.9 Å². The van der Waals surface area contributed by atoms with Crippen LogP contribution in [0.3, 0.4) is 0 Å². The molecule has 2 aromatic rings. The van der Waals surface area contributed by atoms with Gasteiger partial charge in [-0.05, 0) is 42.0 Å². The van der Waals surface area contributed by atoms with Gasteiger partial charge < -0.3 is 0 Å². The molecule has 2 N–H and O–H groups in total. The second-order valence-electron chi connectivity index (χ2n) is 4.98. The van der Waals surface area contributed by atoms with Crippen LogP contribution in [0.25, 0.3) is 0 Å². The maximum atomic E-state index is 12.8. The van der Waals surface area contributed by atoms with Crippen LogP contribution in [-0.4, -0.2) is 14.3 Å². The first-order valence-corrected chi connectivity index (χ1v) is 8.28. The lowest BCUT2D eigenvalue weighted by Crippen LogP contribution is -2.42. The number of hydrazine groups is 1. The van der Waals surface area contributed by atoms with Crippen molar-refractivity contribution in [3.8, 4) is 0 Å². The Morgan fingerprint density at radius 1 is 0.960 bits per heavy atom. The van der Waals surface area contributed by atoms with Crippen molar-refractivity contribution < 1.29 is 30.8 Å². The molecule has 0 saturated heterocycles. The highest BCUT2D eigenvalue weighted by atomic mass is 32.2. The Balaban J connectivity index is 1.98. The van der Waals surface area contributed by atoms with Gasteiger partial charge in [-0.25, -0.2) is 12.8 Å². The summed E-state index contributed by atoms with van der Waals surface area (Å²) in [6, 6.07) is 7.81. The van der Waals surface area contributed by atoms with E-state index in [2.05, 4.69) is 0 Å². The molecule has 2 aromatic carbocycles. The lowest BCUT2D eigenvalue weighted by molar-refractivity contribution is -0.137.